The van der Waals surface area contributed by atoms with Gasteiger partial charge in [0.25, 0.3) is 0 Å². The largest absolute Gasteiger partial charge is 0.381 e. The molecule has 30 heavy (non-hydrogen) atoms. The van der Waals surface area contributed by atoms with Gasteiger partial charge in [0, 0.05) is 44.8 Å². The molecule has 174 valence electrons. The molecule has 0 aromatic carbocycles. The van der Waals surface area contributed by atoms with Crippen LogP contribution in [0.2, 0.25) is 0 Å². The molecule has 2 heterocycles. The molecular weight excluding hydrogens is 509 g/mol. The van der Waals surface area contributed by atoms with Crippen molar-refractivity contribution in [3.63, 3.8) is 0 Å². The Labute approximate surface area is 204 Å². The maximum atomic E-state index is 5.62. The highest BCUT2D eigenvalue weighted by molar-refractivity contribution is 14.0. The second-order valence-corrected chi connectivity index (χ2v) is 8.71. The summed E-state index contributed by atoms with van der Waals surface area (Å²) in [6, 6.07) is 0. The lowest BCUT2D eigenvalue weighted by atomic mass is 9.97. The third-order valence-electron chi connectivity index (χ3n) is 5.25. The first kappa shape index (κ1) is 27.6. The Kier molecular flexibility index (Phi) is 15.8. The molecule has 1 aromatic rings. The molecule has 1 aliphatic heterocycles. The van der Waals surface area contributed by atoms with Crippen molar-refractivity contribution in [1.82, 2.24) is 20.5 Å². The summed E-state index contributed by atoms with van der Waals surface area (Å²) in [7, 11) is 0. The first-order valence-electron chi connectivity index (χ1n) is 11.5. The number of ether oxygens (including phenoxy) is 1. The number of hydrogen-bond acceptors (Lipinski definition) is 5. The highest BCUT2D eigenvalue weighted by atomic mass is 127. The minimum Gasteiger partial charge on any atom is -0.381 e. The lowest BCUT2D eigenvalue weighted by Gasteiger charge is -2.30. The van der Waals surface area contributed by atoms with Gasteiger partial charge in [-0.3, -0.25) is 9.89 Å². The normalized spacial score (nSPS) is 15.8. The van der Waals surface area contributed by atoms with Gasteiger partial charge >= 0.3 is 0 Å². The Morgan fingerprint density at radius 1 is 1.20 bits per heavy atom. The molecule has 0 bridgehead atoms. The number of hydrogen-bond donors (Lipinski definition) is 2. The number of halogens is 1. The fourth-order valence-corrected chi connectivity index (χ4v) is 4.17. The van der Waals surface area contributed by atoms with Crippen LogP contribution in [0.3, 0.4) is 0 Å². The average molecular weight is 552 g/mol. The molecule has 0 atom stereocenters. The van der Waals surface area contributed by atoms with Crippen LogP contribution in [0.4, 0.5) is 0 Å². The molecule has 1 aromatic heterocycles. The maximum Gasteiger partial charge on any atom is 0.191 e. The number of rotatable bonds is 13. The van der Waals surface area contributed by atoms with E-state index >= 15 is 0 Å². The zero-order valence-corrected chi connectivity index (χ0v) is 22.3. The quantitative estimate of drug-likeness (QED) is 0.166. The summed E-state index contributed by atoms with van der Waals surface area (Å²) in [5, 5.41) is 10.3. The van der Waals surface area contributed by atoms with E-state index in [9.17, 15) is 0 Å². The number of aryl methyl sites for hydroxylation is 1. The van der Waals surface area contributed by atoms with Crippen LogP contribution in [0, 0.1) is 5.92 Å². The predicted octanol–water partition coefficient (Wildman–Crippen LogP) is 4.30. The molecule has 8 heteroatoms. The van der Waals surface area contributed by atoms with Crippen molar-refractivity contribution < 1.29 is 4.74 Å². The van der Waals surface area contributed by atoms with E-state index in [4.69, 9.17) is 14.7 Å². The Bertz CT molecular complexity index is 576. The van der Waals surface area contributed by atoms with Crippen LogP contribution in [0.25, 0.3) is 0 Å². The van der Waals surface area contributed by atoms with Gasteiger partial charge in [-0.05, 0) is 58.0 Å². The highest BCUT2D eigenvalue weighted by Crippen LogP contribution is 2.20. The van der Waals surface area contributed by atoms with E-state index in [1.54, 1.807) is 11.3 Å². The zero-order chi connectivity index (χ0) is 20.7. The van der Waals surface area contributed by atoms with Crippen LogP contribution >= 0.6 is 35.3 Å². The molecule has 2 rings (SSSR count). The van der Waals surface area contributed by atoms with E-state index in [-0.39, 0.29) is 24.0 Å². The first-order chi connectivity index (χ1) is 14.2. The average Bonchev–Trinajstić information content (AvgIpc) is 3.20. The molecule has 1 aliphatic rings. The van der Waals surface area contributed by atoms with Crippen molar-refractivity contribution >= 4 is 41.3 Å². The van der Waals surface area contributed by atoms with Gasteiger partial charge in [0.1, 0.15) is 0 Å². The summed E-state index contributed by atoms with van der Waals surface area (Å²) >= 11 is 1.79. The third kappa shape index (κ3) is 11.2. The molecule has 1 fully saturated rings. The van der Waals surface area contributed by atoms with Gasteiger partial charge < -0.3 is 15.4 Å². The second-order valence-electron chi connectivity index (χ2n) is 7.77. The number of guanidine groups is 1. The molecule has 0 radical (unpaired) electrons. The van der Waals surface area contributed by atoms with Crippen LogP contribution in [0.1, 0.15) is 63.6 Å². The summed E-state index contributed by atoms with van der Waals surface area (Å²) in [6.07, 6.45) is 6.85. The minimum absolute atomic E-state index is 0. The van der Waals surface area contributed by atoms with Crippen LogP contribution in [-0.4, -0.2) is 61.8 Å². The Hall–Kier alpha value is -0.450. The number of thiazole rings is 1. The maximum absolute atomic E-state index is 5.62. The van der Waals surface area contributed by atoms with Crippen LogP contribution in [0.15, 0.2) is 10.4 Å². The number of aliphatic imine (C=N–C) groups is 1. The molecule has 0 spiro atoms. The van der Waals surface area contributed by atoms with Gasteiger partial charge in [0.05, 0.1) is 10.7 Å². The van der Waals surface area contributed by atoms with E-state index in [1.807, 2.05) is 0 Å². The summed E-state index contributed by atoms with van der Waals surface area (Å²) in [6.45, 7) is 14.2. The van der Waals surface area contributed by atoms with Gasteiger partial charge in [0.2, 0.25) is 0 Å². The molecular formula is C22H42IN5OS. The standard InChI is InChI=1S/C22H41N5OS.HI/c1-4-7-14-28-15-8-11-24-22(23-6-3)25-16-19-9-12-27(13-10-19)17-20-18-29-21(5-2)26-20;/h18-19H,4-17H2,1-3H3,(H2,23,24,25);1H. The molecule has 0 amide bonds. The highest BCUT2D eigenvalue weighted by Gasteiger charge is 2.19. The van der Waals surface area contributed by atoms with Crippen LogP contribution < -0.4 is 10.6 Å². The fourth-order valence-electron chi connectivity index (χ4n) is 3.43. The van der Waals surface area contributed by atoms with Crippen molar-refractivity contribution in [2.45, 2.75) is 65.8 Å². The van der Waals surface area contributed by atoms with Crippen LogP contribution in [-0.2, 0) is 17.7 Å². The lowest BCUT2D eigenvalue weighted by Crippen LogP contribution is -2.39. The van der Waals surface area contributed by atoms with Gasteiger partial charge in [-0.1, -0.05) is 20.3 Å². The molecule has 2 N–H and O–H groups in total. The Morgan fingerprint density at radius 3 is 2.63 bits per heavy atom. The van der Waals surface area contributed by atoms with Gasteiger partial charge in [0.15, 0.2) is 5.96 Å². The molecule has 1 saturated heterocycles. The van der Waals surface area contributed by atoms with E-state index in [0.717, 1.165) is 77.7 Å². The lowest BCUT2D eigenvalue weighted by molar-refractivity contribution is 0.129. The molecule has 0 unspecified atom stereocenters. The zero-order valence-electron chi connectivity index (χ0n) is 19.1. The van der Waals surface area contributed by atoms with Gasteiger partial charge in [-0.25, -0.2) is 4.98 Å². The summed E-state index contributed by atoms with van der Waals surface area (Å²) in [4.78, 5) is 12.1. The van der Waals surface area contributed by atoms with E-state index < -0.39 is 0 Å². The van der Waals surface area contributed by atoms with Crippen molar-refractivity contribution in [1.29, 1.82) is 0 Å². The number of likely N-dealkylation sites (tertiary alicyclic amines) is 1. The Balaban J connectivity index is 0.00000450. The van der Waals surface area contributed by atoms with Crippen LogP contribution in [0.5, 0.6) is 0 Å². The third-order valence-corrected chi connectivity index (χ3v) is 6.29. The van der Waals surface area contributed by atoms with E-state index in [0.29, 0.717) is 5.92 Å². The summed E-state index contributed by atoms with van der Waals surface area (Å²) < 4.78 is 5.62. The topological polar surface area (TPSA) is 61.8 Å². The number of piperidine rings is 1. The summed E-state index contributed by atoms with van der Waals surface area (Å²) in [5.74, 6) is 1.62. The second kappa shape index (κ2) is 17.1. The molecule has 0 aliphatic carbocycles. The monoisotopic (exact) mass is 551 g/mol. The van der Waals surface area contributed by atoms with Crippen molar-refractivity contribution in [2.24, 2.45) is 10.9 Å². The minimum atomic E-state index is 0. The van der Waals surface area contributed by atoms with Crippen molar-refractivity contribution in [3.05, 3.63) is 16.1 Å². The predicted molar refractivity (Wildman–Crippen MR) is 139 cm³/mol. The van der Waals surface area contributed by atoms with Gasteiger partial charge in [-0.2, -0.15) is 0 Å². The number of aromatic nitrogens is 1. The van der Waals surface area contributed by atoms with Gasteiger partial charge in [-0.15, -0.1) is 35.3 Å². The molecule has 0 saturated carbocycles. The first-order valence-corrected chi connectivity index (χ1v) is 12.4. The van der Waals surface area contributed by atoms with Crippen molar-refractivity contribution in [2.75, 3.05) is 45.9 Å². The molecule has 6 nitrogen and oxygen atoms in total. The number of nitrogens with one attached hydrogen (secondary N) is 2. The number of unbranched alkanes of at least 4 members (excludes halogenated alkanes) is 1. The van der Waals surface area contributed by atoms with E-state index in [1.165, 1.54) is 30.0 Å². The fraction of sp³-hybridized carbons (Fsp3) is 0.818. The smallest absolute Gasteiger partial charge is 0.191 e. The Morgan fingerprint density at radius 2 is 1.97 bits per heavy atom. The summed E-state index contributed by atoms with van der Waals surface area (Å²) in [5.41, 5.74) is 1.24. The van der Waals surface area contributed by atoms with Crippen molar-refractivity contribution in [3.8, 4) is 0 Å². The number of nitrogens with zero attached hydrogens (tertiary/aromatic N) is 3. The van der Waals surface area contributed by atoms with E-state index in [2.05, 4.69) is 41.7 Å². The SMILES string of the molecule is CCCCOCCCNC(=NCC1CCN(Cc2csc(CC)n2)CC1)NCC.I.